The zero-order valence-corrected chi connectivity index (χ0v) is 20.1. The number of carbonyl (C=O) groups excluding carboxylic acids is 2. The number of aliphatic hydroxyl groups is 1. The number of H-pyrrole nitrogens is 1. The van der Waals surface area contributed by atoms with Crippen LogP contribution in [0.3, 0.4) is 0 Å². The Kier molecular flexibility index (Phi) is 7.58. The van der Waals surface area contributed by atoms with Crippen LogP contribution in [0.4, 0.5) is 13.2 Å². The van der Waals surface area contributed by atoms with Crippen molar-refractivity contribution in [1.82, 2.24) is 20.2 Å². The maximum Gasteiger partial charge on any atom is 0.422 e. The second-order valence-electron chi connectivity index (χ2n) is 8.80. The van der Waals surface area contributed by atoms with E-state index in [1.54, 1.807) is 18.2 Å². The molecule has 0 spiro atoms. The number of nitrogens with zero attached hydrogens (tertiary/aromatic N) is 2. The highest BCUT2D eigenvalue weighted by atomic mass is 19.4. The van der Waals surface area contributed by atoms with E-state index in [4.69, 9.17) is 9.84 Å². The van der Waals surface area contributed by atoms with E-state index in [1.165, 1.54) is 17.0 Å². The van der Waals surface area contributed by atoms with E-state index in [2.05, 4.69) is 15.3 Å². The lowest BCUT2D eigenvalue weighted by Gasteiger charge is -2.32. The van der Waals surface area contributed by atoms with Gasteiger partial charge in [-0.15, -0.1) is 0 Å². The van der Waals surface area contributed by atoms with Gasteiger partial charge in [-0.1, -0.05) is 19.1 Å². The van der Waals surface area contributed by atoms with E-state index in [1.807, 2.05) is 6.92 Å². The first-order valence-electron chi connectivity index (χ1n) is 11.8. The number of aromatic amines is 1. The molecule has 2 amide bonds. The van der Waals surface area contributed by atoms with Crippen LogP contribution in [0, 0.1) is 0 Å². The zero-order valence-electron chi connectivity index (χ0n) is 20.1. The summed E-state index contributed by atoms with van der Waals surface area (Å²) in [6.45, 7) is 0.373. The molecule has 4 rings (SSSR count). The van der Waals surface area contributed by atoms with Crippen molar-refractivity contribution in [2.75, 3.05) is 26.3 Å². The first-order valence-corrected chi connectivity index (χ1v) is 11.8. The van der Waals surface area contributed by atoms with Crippen molar-refractivity contribution in [1.29, 1.82) is 0 Å². The molecule has 2 aromatic heterocycles. The molecule has 0 unspecified atom stereocenters. The van der Waals surface area contributed by atoms with Crippen molar-refractivity contribution in [3.05, 3.63) is 41.7 Å². The maximum absolute atomic E-state index is 13.2. The standard InChI is InChI=1S/C25H27F3N4O5/c1-2-19-17(14-3-5-16(34)6-4-14)11-18-22(37-13-25(26,27)28)21(31-23(18)30-19)24(36)29-15-7-9-32(10-8-15)20(35)12-33/h3-6,11,15,33-34H,2,7-10,12-13H2,1H3,(H,29,36)(H,30,31). The SMILES string of the molecule is CCc1nc2[nH]c(C(=O)NC3CCN(C(=O)CO)CC3)c(OCC(F)(F)F)c2cc1-c1ccc(O)cc1. The Morgan fingerprint density at radius 1 is 1.22 bits per heavy atom. The minimum absolute atomic E-state index is 0.0668. The maximum atomic E-state index is 13.2. The number of aryl methyl sites for hydroxylation is 1. The van der Waals surface area contributed by atoms with E-state index in [0.717, 1.165) is 0 Å². The molecule has 3 heterocycles. The molecule has 0 radical (unpaired) electrons. The highest BCUT2D eigenvalue weighted by Crippen LogP contribution is 2.36. The molecule has 0 aliphatic carbocycles. The average molecular weight is 521 g/mol. The van der Waals surface area contributed by atoms with E-state index in [0.29, 0.717) is 49.2 Å². The second-order valence-corrected chi connectivity index (χ2v) is 8.80. The number of aromatic nitrogens is 2. The van der Waals surface area contributed by atoms with Gasteiger partial charge in [0.2, 0.25) is 5.91 Å². The van der Waals surface area contributed by atoms with Crippen LogP contribution < -0.4 is 10.1 Å². The highest BCUT2D eigenvalue weighted by molar-refractivity contribution is 6.03. The van der Waals surface area contributed by atoms with Crippen LogP contribution in [-0.4, -0.2) is 75.4 Å². The molecule has 0 saturated carbocycles. The van der Waals surface area contributed by atoms with E-state index in [9.17, 15) is 27.9 Å². The van der Waals surface area contributed by atoms with Crippen molar-refractivity contribution in [3.8, 4) is 22.6 Å². The molecule has 4 N–H and O–H groups in total. The number of aliphatic hydroxyl groups excluding tert-OH is 1. The first-order chi connectivity index (χ1) is 17.6. The molecule has 0 atom stereocenters. The van der Waals surface area contributed by atoms with Crippen LogP contribution in [0.25, 0.3) is 22.2 Å². The van der Waals surface area contributed by atoms with Gasteiger partial charge in [0.25, 0.3) is 5.91 Å². The number of fused-ring (bicyclic) bond motifs is 1. The monoisotopic (exact) mass is 520 g/mol. The summed E-state index contributed by atoms with van der Waals surface area (Å²) in [5.41, 5.74) is 2.02. The minimum atomic E-state index is -4.63. The third kappa shape index (κ3) is 5.96. The van der Waals surface area contributed by atoms with E-state index in [-0.39, 0.29) is 34.3 Å². The summed E-state index contributed by atoms with van der Waals surface area (Å²) in [7, 11) is 0. The van der Waals surface area contributed by atoms with Crippen LogP contribution in [-0.2, 0) is 11.2 Å². The van der Waals surface area contributed by atoms with Crippen molar-refractivity contribution in [2.24, 2.45) is 0 Å². The Labute approximate surface area is 210 Å². The summed E-state index contributed by atoms with van der Waals surface area (Å²) >= 11 is 0. The number of aromatic hydroxyl groups is 1. The lowest BCUT2D eigenvalue weighted by atomic mass is 10.0. The number of carbonyl (C=O) groups is 2. The number of phenolic OH excluding ortho intramolecular Hbond substituents is 1. The number of hydrogen-bond acceptors (Lipinski definition) is 6. The summed E-state index contributed by atoms with van der Waals surface area (Å²) in [6, 6.07) is 7.64. The Hall–Kier alpha value is -3.80. The number of pyridine rings is 1. The van der Waals surface area contributed by atoms with Gasteiger partial charge in [-0.3, -0.25) is 9.59 Å². The molecule has 9 nitrogen and oxygen atoms in total. The number of likely N-dealkylation sites (tertiary alicyclic amines) is 1. The van der Waals surface area contributed by atoms with Crippen molar-refractivity contribution < 1.29 is 37.7 Å². The molecule has 1 aliphatic heterocycles. The van der Waals surface area contributed by atoms with Gasteiger partial charge in [0.05, 0.1) is 11.1 Å². The van der Waals surface area contributed by atoms with Crippen molar-refractivity contribution >= 4 is 22.8 Å². The molecule has 1 saturated heterocycles. The molecule has 198 valence electrons. The zero-order chi connectivity index (χ0) is 26.7. The summed E-state index contributed by atoms with van der Waals surface area (Å²) in [6.07, 6.45) is -3.25. The number of benzene rings is 1. The van der Waals surface area contributed by atoms with Crippen LogP contribution in [0.15, 0.2) is 30.3 Å². The molecule has 3 aromatic rings. The number of piperidine rings is 1. The molecular weight excluding hydrogens is 493 g/mol. The average Bonchev–Trinajstić information content (AvgIpc) is 3.24. The van der Waals surface area contributed by atoms with Crippen LogP contribution >= 0.6 is 0 Å². The van der Waals surface area contributed by atoms with Gasteiger partial charge in [0, 0.05) is 24.7 Å². The first kappa shape index (κ1) is 26.3. The molecule has 0 bridgehead atoms. The number of alkyl halides is 3. The molecule has 37 heavy (non-hydrogen) atoms. The van der Waals surface area contributed by atoms with Crippen LogP contribution in [0.2, 0.25) is 0 Å². The van der Waals surface area contributed by atoms with E-state index < -0.39 is 31.2 Å². The van der Waals surface area contributed by atoms with Crippen LogP contribution in [0.1, 0.15) is 35.9 Å². The topological polar surface area (TPSA) is 128 Å². The molecule has 1 fully saturated rings. The predicted molar refractivity (Wildman–Crippen MR) is 128 cm³/mol. The minimum Gasteiger partial charge on any atom is -0.508 e. The summed E-state index contributed by atoms with van der Waals surface area (Å²) in [4.78, 5) is 33.7. The highest BCUT2D eigenvalue weighted by Gasteiger charge is 2.32. The quantitative estimate of drug-likeness (QED) is 0.379. The molecular formula is C25H27F3N4O5. The van der Waals surface area contributed by atoms with E-state index >= 15 is 0 Å². The number of nitrogens with one attached hydrogen (secondary N) is 2. The van der Waals surface area contributed by atoms with Gasteiger partial charge in [-0.05, 0) is 43.0 Å². The number of ether oxygens (including phenoxy) is 1. The summed E-state index contributed by atoms with van der Waals surface area (Å²) < 4.78 is 44.3. The fourth-order valence-corrected chi connectivity index (χ4v) is 4.38. The van der Waals surface area contributed by atoms with Crippen molar-refractivity contribution in [3.63, 3.8) is 0 Å². The Balaban J connectivity index is 1.68. The van der Waals surface area contributed by atoms with Gasteiger partial charge >= 0.3 is 6.18 Å². The smallest absolute Gasteiger partial charge is 0.422 e. The normalized spacial score (nSPS) is 14.7. The lowest BCUT2D eigenvalue weighted by Crippen LogP contribution is -2.47. The molecule has 1 aliphatic rings. The Morgan fingerprint density at radius 3 is 2.49 bits per heavy atom. The summed E-state index contributed by atoms with van der Waals surface area (Å²) in [5.74, 6) is -1.23. The number of amides is 2. The Morgan fingerprint density at radius 2 is 1.89 bits per heavy atom. The largest absolute Gasteiger partial charge is 0.508 e. The number of rotatable bonds is 7. The lowest BCUT2D eigenvalue weighted by molar-refractivity contribution is -0.153. The van der Waals surface area contributed by atoms with Crippen LogP contribution in [0.5, 0.6) is 11.5 Å². The molecule has 1 aromatic carbocycles. The Bertz CT molecular complexity index is 1280. The number of hydrogen-bond donors (Lipinski definition) is 4. The van der Waals surface area contributed by atoms with Gasteiger partial charge < -0.3 is 30.2 Å². The van der Waals surface area contributed by atoms with Gasteiger partial charge in [0.1, 0.15) is 23.7 Å². The fourth-order valence-electron chi connectivity index (χ4n) is 4.38. The predicted octanol–water partition coefficient (Wildman–Crippen LogP) is 3.15. The van der Waals surface area contributed by atoms with Crippen molar-refractivity contribution in [2.45, 2.75) is 38.4 Å². The van der Waals surface area contributed by atoms with Gasteiger partial charge in [-0.2, -0.15) is 13.2 Å². The van der Waals surface area contributed by atoms with Gasteiger partial charge in [-0.25, -0.2) is 4.98 Å². The summed E-state index contributed by atoms with van der Waals surface area (Å²) in [5, 5.41) is 21.7. The van der Waals surface area contributed by atoms with Gasteiger partial charge in [0.15, 0.2) is 12.4 Å². The second kappa shape index (κ2) is 10.7. The third-order valence-corrected chi connectivity index (χ3v) is 6.26. The third-order valence-electron chi connectivity index (χ3n) is 6.26. The molecule has 12 heteroatoms. The number of phenols is 1. The fraction of sp³-hybridized carbons (Fsp3) is 0.400. The number of halogens is 3.